The Bertz CT molecular complexity index is 746. The van der Waals surface area contributed by atoms with Crippen molar-refractivity contribution >= 4 is 5.82 Å². The van der Waals surface area contributed by atoms with Gasteiger partial charge in [0.15, 0.2) is 5.82 Å². The predicted molar refractivity (Wildman–Crippen MR) is 83.8 cm³/mol. The summed E-state index contributed by atoms with van der Waals surface area (Å²) in [6, 6.07) is 2.74. The average molecular weight is 341 g/mol. The van der Waals surface area contributed by atoms with Crippen molar-refractivity contribution in [2.24, 2.45) is 0 Å². The molecule has 0 aliphatic carbocycles. The van der Waals surface area contributed by atoms with E-state index in [2.05, 4.69) is 15.5 Å². The second-order valence-electron chi connectivity index (χ2n) is 5.61. The third kappa shape index (κ3) is 3.76. The van der Waals surface area contributed by atoms with Gasteiger partial charge in [0.25, 0.3) is 0 Å². The Morgan fingerprint density at radius 1 is 1.17 bits per heavy atom. The lowest BCUT2D eigenvalue weighted by Gasteiger charge is -2.15. The molecule has 0 saturated heterocycles. The van der Waals surface area contributed by atoms with E-state index in [9.17, 15) is 23.4 Å². The molecule has 1 atom stereocenters. The molecule has 3 N–H and O–H groups in total. The number of nitrogens with one attached hydrogen (secondary N) is 1. The molecule has 130 valence electrons. The lowest BCUT2D eigenvalue weighted by atomic mass is 10.0. The standard InChI is InChI=1S/C16H18F3N3O2/c1-8(23)7-20-15-10(3)9(2)14(21-22-15)12-5-4-11(6-13(12)24)16(17,18)19/h4-6,8,23-24H,7H2,1-3H3,(H,20,22)/t8-/m1/s1. The summed E-state index contributed by atoms with van der Waals surface area (Å²) in [5, 5.41) is 30.2. The van der Waals surface area contributed by atoms with E-state index >= 15 is 0 Å². The molecule has 5 nitrogen and oxygen atoms in total. The number of aromatic nitrogens is 2. The first-order valence-electron chi connectivity index (χ1n) is 7.27. The van der Waals surface area contributed by atoms with E-state index < -0.39 is 23.6 Å². The van der Waals surface area contributed by atoms with Gasteiger partial charge in [-0.05, 0) is 50.1 Å². The monoisotopic (exact) mass is 341 g/mol. The van der Waals surface area contributed by atoms with E-state index in [0.29, 0.717) is 29.7 Å². The summed E-state index contributed by atoms with van der Waals surface area (Å²) in [5.74, 6) is -0.0325. The molecule has 0 unspecified atom stereocenters. The van der Waals surface area contributed by atoms with Crippen LogP contribution < -0.4 is 5.32 Å². The number of hydrogen-bond donors (Lipinski definition) is 3. The predicted octanol–water partition coefficient (Wildman–Crippen LogP) is 3.28. The number of rotatable bonds is 4. The summed E-state index contributed by atoms with van der Waals surface area (Å²) in [4.78, 5) is 0. The minimum atomic E-state index is -4.53. The Morgan fingerprint density at radius 2 is 1.83 bits per heavy atom. The van der Waals surface area contributed by atoms with Gasteiger partial charge >= 0.3 is 6.18 Å². The Labute approximate surface area is 137 Å². The molecule has 2 aromatic rings. The fraction of sp³-hybridized carbons (Fsp3) is 0.375. The molecule has 24 heavy (non-hydrogen) atoms. The largest absolute Gasteiger partial charge is 0.507 e. The number of phenols is 1. The highest BCUT2D eigenvalue weighted by molar-refractivity contribution is 5.72. The zero-order valence-corrected chi connectivity index (χ0v) is 13.4. The molecule has 0 aliphatic heterocycles. The number of benzene rings is 1. The maximum absolute atomic E-state index is 12.7. The van der Waals surface area contributed by atoms with Crippen molar-refractivity contribution in [2.45, 2.75) is 33.1 Å². The van der Waals surface area contributed by atoms with Crippen LogP contribution in [0.5, 0.6) is 5.75 Å². The highest BCUT2D eigenvalue weighted by atomic mass is 19.4. The van der Waals surface area contributed by atoms with Crippen LogP contribution in [-0.4, -0.2) is 33.1 Å². The van der Waals surface area contributed by atoms with Crippen LogP contribution in [0.1, 0.15) is 23.6 Å². The van der Waals surface area contributed by atoms with E-state index in [4.69, 9.17) is 0 Å². The smallest absolute Gasteiger partial charge is 0.416 e. The Kier molecular flexibility index (Phi) is 4.98. The molecule has 2 rings (SSSR count). The number of alkyl halides is 3. The average Bonchev–Trinajstić information content (AvgIpc) is 2.48. The van der Waals surface area contributed by atoms with E-state index in [1.165, 1.54) is 6.07 Å². The zero-order chi connectivity index (χ0) is 18.1. The maximum Gasteiger partial charge on any atom is 0.416 e. The Balaban J connectivity index is 2.41. The van der Waals surface area contributed by atoms with Crippen molar-refractivity contribution < 1.29 is 23.4 Å². The fourth-order valence-electron chi connectivity index (χ4n) is 2.18. The summed E-state index contributed by atoms with van der Waals surface area (Å²) in [5.41, 5.74) is 0.967. The van der Waals surface area contributed by atoms with E-state index in [0.717, 1.165) is 11.6 Å². The number of aromatic hydroxyl groups is 1. The van der Waals surface area contributed by atoms with Crippen LogP contribution in [0.3, 0.4) is 0 Å². The topological polar surface area (TPSA) is 78.3 Å². The molecule has 0 fully saturated rings. The first kappa shape index (κ1) is 18.0. The third-order valence-corrected chi connectivity index (χ3v) is 3.67. The van der Waals surface area contributed by atoms with Gasteiger partial charge in [0.2, 0.25) is 0 Å². The first-order valence-corrected chi connectivity index (χ1v) is 7.27. The number of aliphatic hydroxyl groups excluding tert-OH is 1. The maximum atomic E-state index is 12.7. The quantitative estimate of drug-likeness (QED) is 0.795. The van der Waals surface area contributed by atoms with Crippen LogP contribution in [0, 0.1) is 13.8 Å². The molecule has 1 heterocycles. The van der Waals surface area contributed by atoms with Crippen LogP contribution in [0.25, 0.3) is 11.3 Å². The molecule has 0 saturated carbocycles. The Morgan fingerprint density at radius 3 is 2.38 bits per heavy atom. The second kappa shape index (κ2) is 6.64. The van der Waals surface area contributed by atoms with Gasteiger partial charge in [-0.25, -0.2) is 0 Å². The van der Waals surface area contributed by atoms with E-state index in [-0.39, 0.29) is 5.56 Å². The lowest BCUT2D eigenvalue weighted by molar-refractivity contribution is -0.137. The van der Waals surface area contributed by atoms with Crippen LogP contribution in [0.15, 0.2) is 18.2 Å². The molecular weight excluding hydrogens is 323 g/mol. The third-order valence-electron chi connectivity index (χ3n) is 3.67. The summed E-state index contributed by atoms with van der Waals surface area (Å²) in [6.07, 6.45) is -5.09. The van der Waals surface area contributed by atoms with Crippen molar-refractivity contribution in [3.63, 3.8) is 0 Å². The molecule has 1 aromatic carbocycles. The summed E-state index contributed by atoms with van der Waals surface area (Å²) >= 11 is 0. The summed E-state index contributed by atoms with van der Waals surface area (Å²) in [7, 11) is 0. The van der Waals surface area contributed by atoms with Gasteiger partial charge in [-0.15, -0.1) is 10.2 Å². The molecule has 0 amide bonds. The molecule has 0 aliphatic rings. The number of phenolic OH excluding ortho intramolecular Hbond substituents is 1. The van der Waals surface area contributed by atoms with E-state index in [1.54, 1.807) is 20.8 Å². The number of anilines is 1. The van der Waals surface area contributed by atoms with Gasteiger partial charge in [0, 0.05) is 12.1 Å². The van der Waals surface area contributed by atoms with Crippen molar-refractivity contribution in [2.75, 3.05) is 11.9 Å². The van der Waals surface area contributed by atoms with Gasteiger partial charge in [0.1, 0.15) is 5.75 Å². The minimum absolute atomic E-state index is 0.179. The zero-order valence-electron chi connectivity index (χ0n) is 13.4. The molecule has 0 spiro atoms. The van der Waals surface area contributed by atoms with Crippen LogP contribution in [0.2, 0.25) is 0 Å². The summed E-state index contributed by atoms with van der Waals surface area (Å²) in [6.45, 7) is 5.43. The Hall–Kier alpha value is -2.35. The second-order valence-corrected chi connectivity index (χ2v) is 5.61. The molecular formula is C16H18F3N3O2. The van der Waals surface area contributed by atoms with Gasteiger partial charge in [-0.3, -0.25) is 0 Å². The van der Waals surface area contributed by atoms with E-state index in [1.807, 2.05) is 0 Å². The lowest BCUT2D eigenvalue weighted by Crippen LogP contribution is -2.17. The van der Waals surface area contributed by atoms with Crippen molar-refractivity contribution in [3.8, 4) is 17.0 Å². The van der Waals surface area contributed by atoms with Gasteiger partial charge in [0.05, 0.1) is 17.4 Å². The van der Waals surface area contributed by atoms with Crippen molar-refractivity contribution in [1.29, 1.82) is 0 Å². The molecule has 8 heteroatoms. The van der Waals surface area contributed by atoms with Gasteiger partial charge < -0.3 is 15.5 Å². The normalized spacial score (nSPS) is 13.0. The number of nitrogens with zero attached hydrogens (tertiary/aromatic N) is 2. The number of halogens is 3. The number of hydrogen-bond acceptors (Lipinski definition) is 5. The minimum Gasteiger partial charge on any atom is -0.507 e. The fourth-order valence-corrected chi connectivity index (χ4v) is 2.18. The first-order chi connectivity index (χ1) is 11.1. The molecule has 1 aromatic heterocycles. The van der Waals surface area contributed by atoms with Crippen molar-refractivity contribution in [3.05, 3.63) is 34.9 Å². The molecule has 0 radical (unpaired) electrons. The van der Waals surface area contributed by atoms with Crippen LogP contribution in [-0.2, 0) is 6.18 Å². The highest BCUT2D eigenvalue weighted by Crippen LogP contribution is 2.37. The molecule has 0 bridgehead atoms. The summed E-state index contributed by atoms with van der Waals surface area (Å²) < 4.78 is 38.0. The van der Waals surface area contributed by atoms with Crippen molar-refractivity contribution in [1.82, 2.24) is 10.2 Å². The van der Waals surface area contributed by atoms with Crippen LogP contribution in [0.4, 0.5) is 19.0 Å². The van der Waals surface area contributed by atoms with Gasteiger partial charge in [-0.2, -0.15) is 13.2 Å². The van der Waals surface area contributed by atoms with Crippen LogP contribution >= 0.6 is 0 Å². The highest BCUT2D eigenvalue weighted by Gasteiger charge is 2.31. The SMILES string of the molecule is Cc1c(NC[C@@H](C)O)nnc(-c2ccc(C(F)(F)F)cc2O)c1C. The van der Waals surface area contributed by atoms with Gasteiger partial charge in [-0.1, -0.05) is 0 Å². The number of aliphatic hydroxyl groups is 1.